The molecule has 4 nitrogen and oxygen atoms in total. The molecular weight excluding hydrogens is 324 g/mol. The van der Waals surface area contributed by atoms with E-state index in [1.165, 1.54) is 6.42 Å². The van der Waals surface area contributed by atoms with Gasteiger partial charge in [0.1, 0.15) is 6.10 Å². The van der Waals surface area contributed by atoms with Crippen molar-refractivity contribution in [2.45, 2.75) is 12.5 Å². The minimum atomic E-state index is -0.260. The summed E-state index contributed by atoms with van der Waals surface area (Å²) in [6, 6.07) is 5.40. The molecule has 0 saturated carbocycles. The summed E-state index contributed by atoms with van der Waals surface area (Å²) in [6.07, 6.45) is 1.23. The summed E-state index contributed by atoms with van der Waals surface area (Å²) in [5.41, 5.74) is 2.29. The zero-order chi connectivity index (χ0) is 14.7. The van der Waals surface area contributed by atoms with Crippen molar-refractivity contribution in [1.29, 1.82) is 0 Å². The molecule has 1 saturated heterocycles. The fourth-order valence-electron chi connectivity index (χ4n) is 2.19. The summed E-state index contributed by atoms with van der Waals surface area (Å²) in [4.78, 5) is 18.3. The summed E-state index contributed by atoms with van der Waals surface area (Å²) in [5.74, 6) is 3.80. The maximum atomic E-state index is 12.3. The number of aromatic amines is 2. The van der Waals surface area contributed by atoms with Gasteiger partial charge in [-0.2, -0.15) is 23.5 Å². The van der Waals surface area contributed by atoms with E-state index in [1.807, 2.05) is 29.6 Å². The first-order chi connectivity index (χ1) is 10.2. The molecule has 0 unspecified atom stereocenters. The van der Waals surface area contributed by atoms with Crippen molar-refractivity contribution < 1.29 is 9.53 Å². The highest BCUT2D eigenvalue weighted by atomic mass is 32.2. The lowest BCUT2D eigenvalue weighted by Gasteiger charge is -2.19. The van der Waals surface area contributed by atoms with Crippen LogP contribution in [0.4, 0.5) is 0 Å². The molecule has 0 aliphatic carbocycles. The average molecular weight is 340 g/mol. The van der Waals surface area contributed by atoms with Crippen LogP contribution in [-0.4, -0.2) is 45.1 Å². The van der Waals surface area contributed by atoms with Gasteiger partial charge in [-0.15, -0.1) is 0 Å². The van der Waals surface area contributed by atoms with Crippen LogP contribution < -0.4 is 0 Å². The third-order valence-corrected chi connectivity index (χ3v) is 5.78. The minimum absolute atomic E-state index is 0.00628. The molecule has 0 amide bonds. The van der Waals surface area contributed by atoms with Crippen molar-refractivity contribution in [3.05, 3.63) is 28.5 Å². The number of esters is 1. The van der Waals surface area contributed by atoms with Crippen LogP contribution in [0.5, 0.6) is 0 Å². The Balaban J connectivity index is 1.71. The standard InChI is InChI=1S/C14H16N2O2S3/c17-13(18-10-7-20-4-1-5-21-8-10)9-2-3-11-12(6-9)16-14(19)15-11/h2-3,6,10H,1,4-5,7-8H2,(H2,15,16,19). The molecule has 3 rings (SSSR count). The average Bonchev–Trinajstić information content (AvgIpc) is 2.80. The normalized spacial score (nSPS) is 17.3. The zero-order valence-electron chi connectivity index (χ0n) is 11.4. The van der Waals surface area contributed by atoms with Gasteiger partial charge in [-0.1, -0.05) is 0 Å². The molecule has 0 radical (unpaired) electrons. The van der Waals surface area contributed by atoms with Crippen molar-refractivity contribution in [2.24, 2.45) is 0 Å². The van der Waals surface area contributed by atoms with E-state index < -0.39 is 0 Å². The second-order valence-corrected chi connectivity index (χ2v) is 7.58. The molecule has 2 heterocycles. The molecule has 2 N–H and O–H groups in total. The van der Waals surface area contributed by atoms with E-state index in [2.05, 4.69) is 9.97 Å². The van der Waals surface area contributed by atoms with Crippen molar-refractivity contribution in [2.75, 3.05) is 23.0 Å². The van der Waals surface area contributed by atoms with Crippen molar-refractivity contribution >= 4 is 52.7 Å². The topological polar surface area (TPSA) is 57.9 Å². The van der Waals surface area contributed by atoms with Gasteiger partial charge in [0.05, 0.1) is 16.6 Å². The number of imidazole rings is 1. The van der Waals surface area contributed by atoms with E-state index in [1.54, 1.807) is 12.1 Å². The van der Waals surface area contributed by atoms with Crippen LogP contribution in [0.1, 0.15) is 16.8 Å². The number of aromatic nitrogens is 2. The number of H-pyrrole nitrogens is 2. The Bertz CT molecular complexity index is 687. The number of rotatable bonds is 2. The van der Waals surface area contributed by atoms with Gasteiger partial charge in [0, 0.05) is 11.5 Å². The summed E-state index contributed by atoms with van der Waals surface area (Å²) in [7, 11) is 0. The first-order valence-electron chi connectivity index (χ1n) is 6.81. The highest BCUT2D eigenvalue weighted by molar-refractivity contribution is 8.00. The third-order valence-electron chi connectivity index (χ3n) is 3.21. The van der Waals surface area contributed by atoms with Crippen LogP contribution in [0.25, 0.3) is 11.0 Å². The number of thioether (sulfide) groups is 2. The third kappa shape index (κ3) is 3.84. The van der Waals surface area contributed by atoms with E-state index in [0.717, 1.165) is 34.0 Å². The van der Waals surface area contributed by atoms with Crippen LogP contribution in [0.2, 0.25) is 0 Å². The summed E-state index contributed by atoms with van der Waals surface area (Å²) >= 11 is 8.78. The molecule has 1 aliphatic rings. The van der Waals surface area contributed by atoms with E-state index >= 15 is 0 Å². The number of hydrogen-bond donors (Lipinski definition) is 2. The molecule has 112 valence electrons. The molecule has 2 aromatic rings. The SMILES string of the molecule is O=C(OC1CSCCCSC1)c1ccc2[nH]c(=S)[nH]c2c1. The second kappa shape index (κ2) is 6.89. The van der Waals surface area contributed by atoms with Crippen LogP contribution in [-0.2, 0) is 4.74 Å². The lowest BCUT2D eigenvalue weighted by Crippen LogP contribution is -2.24. The van der Waals surface area contributed by atoms with Gasteiger partial charge < -0.3 is 14.7 Å². The van der Waals surface area contributed by atoms with E-state index in [4.69, 9.17) is 17.0 Å². The molecule has 1 fully saturated rings. The number of hydrogen-bond acceptors (Lipinski definition) is 5. The Hall–Kier alpha value is -0.920. The van der Waals surface area contributed by atoms with Crippen LogP contribution >= 0.6 is 35.7 Å². The molecule has 0 atom stereocenters. The van der Waals surface area contributed by atoms with Gasteiger partial charge in [0.25, 0.3) is 0 Å². The van der Waals surface area contributed by atoms with Crippen LogP contribution in [0.15, 0.2) is 18.2 Å². The Morgan fingerprint density at radius 1 is 1.19 bits per heavy atom. The Morgan fingerprint density at radius 3 is 2.67 bits per heavy atom. The molecular formula is C14H16N2O2S3. The first-order valence-corrected chi connectivity index (χ1v) is 9.52. The molecule has 21 heavy (non-hydrogen) atoms. The van der Waals surface area contributed by atoms with Gasteiger partial charge in [-0.3, -0.25) is 0 Å². The first kappa shape index (κ1) is 15.0. The molecule has 1 aromatic carbocycles. The highest BCUT2D eigenvalue weighted by Crippen LogP contribution is 2.20. The fraction of sp³-hybridized carbons (Fsp3) is 0.429. The van der Waals surface area contributed by atoms with Gasteiger partial charge in [0.15, 0.2) is 4.77 Å². The number of carbonyl (C=O) groups excluding carboxylic acids is 1. The quantitative estimate of drug-likeness (QED) is 0.646. The Kier molecular flexibility index (Phi) is 4.92. The minimum Gasteiger partial charge on any atom is -0.457 e. The molecule has 0 bridgehead atoms. The van der Waals surface area contributed by atoms with Gasteiger partial charge >= 0.3 is 5.97 Å². The van der Waals surface area contributed by atoms with E-state index in [0.29, 0.717) is 10.3 Å². The van der Waals surface area contributed by atoms with E-state index in [9.17, 15) is 4.79 Å². The maximum absolute atomic E-state index is 12.3. The fourth-order valence-corrected chi connectivity index (χ4v) is 4.67. The predicted molar refractivity (Wildman–Crippen MR) is 92.0 cm³/mol. The highest BCUT2D eigenvalue weighted by Gasteiger charge is 2.18. The second-order valence-electron chi connectivity index (χ2n) is 4.87. The van der Waals surface area contributed by atoms with Crippen LogP contribution in [0.3, 0.4) is 0 Å². The number of nitrogens with one attached hydrogen (secondary N) is 2. The van der Waals surface area contributed by atoms with Crippen molar-refractivity contribution in [3.8, 4) is 0 Å². The van der Waals surface area contributed by atoms with E-state index in [-0.39, 0.29) is 12.1 Å². The summed E-state index contributed by atoms with van der Waals surface area (Å²) in [6.45, 7) is 0. The number of ether oxygens (including phenoxy) is 1. The number of fused-ring (bicyclic) bond motifs is 1. The number of carbonyl (C=O) groups is 1. The molecule has 7 heteroatoms. The Morgan fingerprint density at radius 2 is 1.90 bits per heavy atom. The summed E-state index contributed by atoms with van der Waals surface area (Å²) < 4.78 is 6.20. The lowest BCUT2D eigenvalue weighted by atomic mass is 10.2. The zero-order valence-corrected chi connectivity index (χ0v) is 13.8. The largest absolute Gasteiger partial charge is 0.457 e. The molecule has 1 aromatic heterocycles. The van der Waals surface area contributed by atoms with Crippen molar-refractivity contribution in [3.63, 3.8) is 0 Å². The van der Waals surface area contributed by atoms with Crippen LogP contribution in [0, 0.1) is 4.77 Å². The van der Waals surface area contributed by atoms with Crippen molar-refractivity contribution in [1.82, 2.24) is 9.97 Å². The smallest absolute Gasteiger partial charge is 0.338 e. The lowest BCUT2D eigenvalue weighted by molar-refractivity contribution is 0.0394. The maximum Gasteiger partial charge on any atom is 0.338 e. The summed E-state index contributed by atoms with van der Waals surface area (Å²) in [5, 5.41) is 0. The van der Waals surface area contributed by atoms with Gasteiger partial charge in [0.2, 0.25) is 0 Å². The monoisotopic (exact) mass is 340 g/mol. The van der Waals surface area contributed by atoms with Gasteiger partial charge in [-0.25, -0.2) is 4.79 Å². The number of benzene rings is 1. The molecule has 0 spiro atoms. The predicted octanol–water partition coefficient (Wildman–Crippen LogP) is 3.62. The molecule has 1 aliphatic heterocycles. The van der Waals surface area contributed by atoms with Gasteiger partial charge in [-0.05, 0) is 48.3 Å². The Labute approximate surface area is 136 Å².